The van der Waals surface area contributed by atoms with Crippen LogP contribution in [0.5, 0.6) is 0 Å². The van der Waals surface area contributed by atoms with Gasteiger partial charge in [0.2, 0.25) is 5.78 Å². The molecule has 13 heavy (non-hydrogen) atoms. The molecular formula is C9H8ClNOS. The minimum atomic E-state index is -0.189. The van der Waals surface area contributed by atoms with Crippen LogP contribution in [0.15, 0.2) is 12.1 Å². The maximum atomic E-state index is 11.3. The molecule has 68 valence electrons. The molecule has 0 saturated carbocycles. The molecule has 0 saturated heterocycles. The van der Waals surface area contributed by atoms with Crippen molar-refractivity contribution in [1.82, 2.24) is 4.90 Å². The molecule has 1 heterocycles. The van der Waals surface area contributed by atoms with Crippen molar-refractivity contribution in [3.63, 3.8) is 0 Å². The molecule has 0 aliphatic rings. The Morgan fingerprint density at radius 2 is 2.23 bits per heavy atom. The molecule has 0 aliphatic carbocycles. The van der Waals surface area contributed by atoms with Gasteiger partial charge in [0.25, 0.3) is 0 Å². The van der Waals surface area contributed by atoms with Crippen molar-refractivity contribution in [2.75, 3.05) is 14.1 Å². The molecule has 0 radical (unpaired) electrons. The zero-order valence-electron chi connectivity index (χ0n) is 7.30. The van der Waals surface area contributed by atoms with Crippen molar-refractivity contribution in [2.45, 2.75) is 0 Å². The number of thiophene rings is 1. The molecule has 0 aromatic carbocycles. The second-order valence-corrected chi connectivity index (χ2v) is 4.28. The Kier molecular flexibility index (Phi) is 3.35. The fourth-order valence-corrected chi connectivity index (χ4v) is 1.60. The lowest BCUT2D eigenvalue weighted by Gasteiger charge is -1.96. The standard InChI is InChI=1S/C9H8ClNOS/c1-11(2)6-5-7(12)8-3-4-9(10)13-8/h3-4H,1-2H3. The molecule has 0 bridgehead atoms. The van der Waals surface area contributed by atoms with E-state index in [1.165, 1.54) is 11.3 Å². The van der Waals surface area contributed by atoms with E-state index in [2.05, 4.69) is 12.0 Å². The highest BCUT2D eigenvalue weighted by Gasteiger charge is 2.04. The fourth-order valence-electron chi connectivity index (χ4n) is 0.661. The Hall–Kier alpha value is -0.980. The number of nitrogens with zero attached hydrogens (tertiary/aromatic N) is 1. The van der Waals surface area contributed by atoms with Gasteiger partial charge in [0.15, 0.2) is 0 Å². The van der Waals surface area contributed by atoms with Gasteiger partial charge in [-0.15, -0.1) is 11.3 Å². The lowest BCUT2D eigenvalue weighted by atomic mass is 10.3. The van der Waals surface area contributed by atoms with E-state index in [-0.39, 0.29) is 5.78 Å². The third-order valence-corrected chi connectivity index (χ3v) is 2.42. The monoisotopic (exact) mass is 213 g/mol. The van der Waals surface area contributed by atoms with Crippen molar-refractivity contribution < 1.29 is 4.79 Å². The molecule has 0 N–H and O–H groups in total. The minimum Gasteiger partial charge on any atom is -0.338 e. The lowest BCUT2D eigenvalue weighted by Crippen LogP contribution is -2.02. The van der Waals surface area contributed by atoms with Crippen LogP contribution >= 0.6 is 22.9 Å². The maximum Gasteiger partial charge on any atom is 0.247 e. The molecule has 0 amide bonds. The molecule has 0 atom stereocenters. The predicted molar refractivity (Wildman–Crippen MR) is 55.1 cm³/mol. The van der Waals surface area contributed by atoms with E-state index < -0.39 is 0 Å². The van der Waals surface area contributed by atoms with Gasteiger partial charge >= 0.3 is 0 Å². The van der Waals surface area contributed by atoms with Crippen LogP contribution in [0.2, 0.25) is 4.34 Å². The van der Waals surface area contributed by atoms with Crippen LogP contribution in [-0.2, 0) is 0 Å². The highest BCUT2D eigenvalue weighted by atomic mass is 35.5. The Bertz CT molecular complexity index is 372. The van der Waals surface area contributed by atoms with Gasteiger partial charge in [0.1, 0.15) is 0 Å². The second kappa shape index (κ2) is 4.31. The topological polar surface area (TPSA) is 20.3 Å². The van der Waals surface area contributed by atoms with Crippen molar-refractivity contribution in [1.29, 1.82) is 0 Å². The summed E-state index contributed by atoms with van der Waals surface area (Å²) in [5.41, 5.74) is 0. The fraction of sp³-hybridized carbons (Fsp3) is 0.222. The highest BCUT2D eigenvalue weighted by molar-refractivity contribution is 7.18. The number of hydrogen-bond donors (Lipinski definition) is 0. The maximum absolute atomic E-state index is 11.3. The summed E-state index contributed by atoms with van der Waals surface area (Å²) in [6.45, 7) is 0. The number of carbonyl (C=O) groups excluding carboxylic acids is 1. The molecule has 1 aromatic heterocycles. The van der Waals surface area contributed by atoms with Crippen LogP contribution in [0.25, 0.3) is 0 Å². The first kappa shape index (κ1) is 10.1. The first-order valence-electron chi connectivity index (χ1n) is 3.58. The number of carbonyl (C=O) groups is 1. The van der Waals surface area contributed by atoms with Crippen LogP contribution in [0.1, 0.15) is 9.67 Å². The largest absolute Gasteiger partial charge is 0.338 e. The predicted octanol–water partition coefficient (Wildman–Crippen LogP) is 2.11. The zero-order valence-corrected chi connectivity index (χ0v) is 8.87. The molecule has 1 rings (SSSR count). The Labute approximate surface area is 86.1 Å². The molecule has 0 aliphatic heterocycles. The molecule has 2 nitrogen and oxygen atoms in total. The lowest BCUT2D eigenvalue weighted by molar-refractivity contribution is 0.105. The number of rotatable bonds is 1. The van der Waals surface area contributed by atoms with Gasteiger partial charge in [-0.3, -0.25) is 4.79 Å². The SMILES string of the molecule is CN(C)C#CC(=O)c1ccc(Cl)s1. The van der Waals surface area contributed by atoms with Gasteiger partial charge in [-0.1, -0.05) is 11.6 Å². The van der Waals surface area contributed by atoms with Gasteiger partial charge < -0.3 is 4.90 Å². The molecule has 0 fully saturated rings. The van der Waals surface area contributed by atoms with Crippen molar-refractivity contribution in [3.8, 4) is 12.0 Å². The smallest absolute Gasteiger partial charge is 0.247 e. The van der Waals surface area contributed by atoms with Crippen LogP contribution in [0.4, 0.5) is 0 Å². The Balaban J connectivity index is 2.77. The van der Waals surface area contributed by atoms with E-state index in [9.17, 15) is 4.79 Å². The number of hydrogen-bond acceptors (Lipinski definition) is 3. The normalized spacial score (nSPS) is 8.85. The molecule has 1 aromatic rings. The van der Waals surface area contributed by atoms with Crippen LogP contribution < -0.4 is 0 Å². The van der Waals surface area contributed by atoms with E-state index in [1.54, 1.807) is 31.1 Å². The third kappa shape index (κ3) is 3.10. The number of ketones is 1. The molecule has 0 spiro atoms. The van der Waals surface area contributed by atoms with E-state index in [1.807, 2.05) is 0 Å². The van der Waals surface area contributed by atoms with Gasteiger partial charge in [-0.2, -0.15) is 0 Å². The summed E-state index contributed by atoms with van der Waals surface area (Å²) in [5, 5.41) is 0. The summed E-state index contributed by atoms with van der Waals surface area (Å²) < 4.78 is 0.606. The van der Waals surface area contributed by atoms with E-state index in [0.717, 1.165) is 0 Å². The average molecular weight is 214 g/mol. The Morgan fingerprint density at radius 3 is 2.69 bits per heavy atom. The first-order chi connectivity index (χ1) is 6.09. The quantitative estimate of drug-likeness (QED) is 0.405. The van der Waals surface area contributed by atoms with E-state index in [0.29, 0.717) is 9.21 Å². The van der Waals surface area contributed by atoms with Crippen LogP contribution in [0.3, 0.4) is 0 Å². The van der Waals surface area contributed by atoms with Gasteiger partial charge in [0.05, 0.1) is 9.21 Å². The zero-order chi connectivity index (χ0) is 9.84. The molecule has 4 heteroatoms. The summed E-state index contributed by atoms with van der Waals surface area (Å²) in [5.74, 6) is 2.31. The van der Waals surface area contributed by atoms with E-state index in [4.69, 9.17) is 11.6 Å². The summed E-state index contributed by atoms with van der Waals surface area (Å²) in [6.07, 6.45) is 0. The average Bonchev–Trinajstić information content (AvgIpc) is 2.47. The second-order valence-electron chi connectivity index (χ2n) is 2.56. The summed E-state index contributed by atoms with van der Waals surface area (Å²) in [4.78, 5) is 13.5. The first-order valence-corrected chi connectivity index (χ1v) is 4.77. The third-order valence-electron chi connectivity index (χ3n) is 1.19. The minimum absolute atomic E-state index is 0.189. The summed E-state index contributed by atoms with van der Waals surface area (Å²) in [6, 6.07) is 6.02. The number of halogens is 1. The Morgan fingerprint density at radius 1 is 1.54 bits per heavy atom. The van der Waals surface area contributed by atoms with Crippen molar-refractivity contribution >= 4 is 28.7 Å². The van der Waals surface area contributed by atoms with E-state index >= 15 is 0 Å². The van der Waals surface area contributed by atoms with Gasteiger partial charge in [-0.05, 0) is 12.1 Å². The summed E-state index contributed by atoms with van der Waals surface area (Å²) >= 11 is 6.92. The van der Waals surface area contributed by atoms with Crippen molar-refractivity contribution in [3.05, 3.63) is 21.3 Å². The summed E-state index contributed by atoms with van der Waals surface area (Å²) in [7, 11) is 3.56. The highest BCUT2D eigenvalue weighted by Crippen LogP contribution is 2.21. The van der Waals surface area contributed by atoms with Crippen molar-refractivity contribution in [2.24, 2.45) is 0 Å². The van der Waals surface area contributed by atoms with Gasteiger partial charge in [0, 0.05) is 26.1 Å². The van der Waals surface area contributed by atoms with Crippen LogP contribution in [-0.4, -0.2) is 24.8 Å². The van der Waals surface area contributed by atoms with Crippen LogP contribution in [0, 0.1) is 12.0 Å². The molecular weight excluding hydrogens is 206 g/mol. The van der Waals surface area contributed by atoms with Gasteiger partial charge in [-0.25, -0.2) is 0 Å². The molecule has 0 unspecified atom stereocenters. The number of Topliss-reactive ketones (excluding diaryl/α,β-unsaturated/α-hetero) is 1.